The van der Waals surface area contributed by atoms with Crippen molar-refractivity contribution < 1.29 is 17.9 Å². The first-order chi connectivity index (χ1) is 10.4. The number of carbonyl (C=O) groups is 1. The number of amides is 1. The van der Waals surface area contributed by atoms with Crippen LogP contribution in [0.2, 0.25) is 0 Å². The molecule has 0 saturated carbocycles. The van der Waals surface area contributed by atoms with Gasteiger partial charge in [0.2, 0.25) is 10.0 Å². The predicted molar refractivity (Wildman–Crippen MR) is 85.8 cm³/mol. The minimum absolute atomic E-state index is 0.0532. The summed E-state index contributed by atoms with van der Waals surface area (Å²) in [5.41, 5.74) is 1.24. The Morgan fingerprint density at radius 3 is 2.45 bits per heavy atom. The van der Waals surface area contributed by atoms with E-state index in [1.165, 1.54) is 18.2 Å². The van der Waals surface area contributed by atoms with Gasteiger partial charge in [0, 0.05) is 4.47 Å². The molecule has 0 heterocycles. The zero-order valence-corrected chi connectivity index (χ0v) is 13.7. The predicted octanol–water partition coefficient (Wildman–Crippen LogP) is 2.85. The highest BCUT2D eigenvalue weighted by atomic mass is 79.9. The van der Waals surface area contributed by atoms with Crippen molar-refractivity contribution in [1.29, 1.82) is 0 Å². The van der Waals surface area contributed by atoms with Gasteiger partial charge >= 0.3 is 6.09 Å². The molecule has 0 aliphatic heterocycles. The molecule has 0 aliphatic carbocycles. The number of sulfonamides is 1. The summed E-state index contributed by atoms with van der Waals surface area (Å²) in [6.45, 7) is 0.138. The molecular formula is C14H13BrN2O4S. The van der Waals surface area contributed by atoms with Gasteiger partial charge in [-0.25, -0.2) is 18.4 Å². The van der Waals surface area contributed by atoms with E-state index in [2.05, 4.69) is 21.2 Å². The molecule has 0 spiro atoms. The topological polar surface area (TPSA) is 98.5 Å². The summed E-state index contributed by atoms with van der Waals surface area (Å²) in [5.74, 6) is 0. The summed E-state index contributed by atoms with van der Waals surface area (Å²) in [5, 5.41) is 7.54. The monoisotopic (exact) mass is 384 g/mol. The Bertz CT molecular complexity index is 779. The molecule has 6 nitrogen and oxygen atoms in total. The summed E-state index contributed by atoms with van der Waals surface area (Å²) in [4.78, 5) is 11.7. The third-order valence-corrected chi connectivity index (χ3v) is 4.29. The first-order valence-electron chi connectivity index (χ1n) is 6.16. The van der Waals surface area contributed by atoms with E-state index in [9.17, 15) is 13.2 Å². The number of anilines is 1. The van der Waals surface area contributed by atoms with Crippen LogP contribution in [0.3, 0.4) is 0 Å². The minimum Gasteiger partial charge on any atom is -0.444 e. The smallest absolute Gasteiger partial charge is 0.411 e. The van der Waals surface area contributed by atoms with Gasteiger partial charge in [0.1, 0.15) is 6.61 Å². The molecule has 2 rings (SSSR count). The van der Waals surface area contributed by atoms with Gasteiger partial charge in [-0.1, -0.05) is 30.3 Å². The average Bonchev–Trinajstić information content (AvgIpc) is 2.47. The standard InChI is InChI=1S/C14H13BrN2O4S/c15-12-8-11(22(16,19)20)6-7-13(12)17-14(18)21-9-10-4-2-1-3-5-10/h1-8H,9H2,(H,17,18)(H2,16,19,20). The summed E-state index contributed by atoms with van der Waals surface area (Å²) < 4.78 is 27.9. The third-order valence-electron chi connectivity index (χ3n) is 2.72. The Kier molecular flexibility index (Phi) is 5.17. The number of primary sulfonamides is 1. The van der Waals surface area contributed by atoms with Crippen molar-refractivity contribution in [2.75, 3.05) is 5.32 Å². The lowest BCUT2D eigenvalue weighted by atomic mass is 10.2. The van der Waals surface area contributed by atoms with Crippen molar-refractivity contribution in [3.63, 3.8) is 0 Å². The molecule has 0 aliphatic rings. The molecule has 8 heteroatoms. The lowest BCUT2D eigenvalue weighted by molar-refractivity contribution is 0.155. The Hall–Kier alpha value is -1.90. The third kappa shape index (κ3) is 4.55. The molecular weight excluding hydrogens is 372 g/mol. The largest absolute Gasteiger partial charge is 0.444 e. The lowest BCUT2D eigenvalue weighted by Gasteiger charge is -2.09. The van der Waals surface area contributed by atoms with Gasteiger partial charge in [-0.3, -0.25) is 5.32 Å². The second kappa shape index (κ2) is 6.91. The normalized spacial score (nSPS) is 11.0. The van der Waals surface area contributed by atoms with Gasteiger partial charge in [-0.15, -0.1) is 0 Å². The van der Waals surface area contributed by atoms with Gasteiger partial charge in [0.25, 0.3) is 0 Å². The zero-order chi connectivity index (χ0) is 16.2. The quantitative estimate of drug-likeness (QED) is 0.846. The highest BCUT2D eigenvalue weighted by molar-refractivity contribution is 9.10. The summed E-state index contributed by atoms with van der Waals surface area (Å²) >= 11 is 3.17. The van der Waals surface area contributed by atoms with Crippen LogP contribution in [0.5, 0.6) is 0 Å². The van der Waals surface area contributed by atoms with Crippen molar-refractivity contribution >= 4 is 37.7 Å². The molecule has 0 radical (unpaired) electrons. The van der Waals surface area contributed by atoms with Crippen LogP contribution in [0.1, 0.15) is 5.56 Å². The number of rotatable bonds is 4. The maximum absolute atomic E-state index is 11.7. The highest BCUT2D eigenvalue weighted by Crippen LogP contribution is 2.25. The van der Waals surface area contributed by atoms with Crippen molar-refractivity contribution in [2.24, 2.45) is 5.14 Å². The first-order valence-corrected chi connectivity index (χ1v) is 8.50. The zero-order valence-electron chi connectivity index (χ0n) is 11.3. The maximum atomic E-state index is 11.7. The Morgan fingerprint density at radius 2 is 1.86 bits per heavy atom. The first kappa shape index (κ1) is 16.5. The van der Waals surface area contributed by atoms with Gasteiger partial charge in [-0.2, -0.15) is 0 Å². The SMILES string of the molecule is NS(=O)(=O)c1ccc(NC(=O)OCc2ccccc2)c(Br)c1. The van der Waals surface area contributed by atoms with Crippen LogP contribution in [-0.4, -0.2) is 14.5 Å². The molecule has 0 atom stereocenters. The highest BCUT2D eigenvalue weighted by Gasteiger charge is 2.12. The van der Waals surface area contributed by atoms with E-state index >= 15 is 0 Å². The molecule has 0 fully saturated rings. The number of nitrogens with one attached hydrogen (secondary N) is 1. The van der Waals surface area contributed by atoms with Gasteiger partial charge in [0.15, 0.2) is 0 Å². The van der Waals surface area contributed by atoms with Crippen LogP contribution in [0, 0.1) is 0 Å². The number of benzene rings is 2. The van der Waals surface area contributed by atoms with Crippen molar-refractivity contribution in [1.82, 2.24) is 0 Å². The Balaban J connectivity index is 2.00. The second-order valence-electron chi connectivity index (χ2n) is 4.37. The molecule has 0 unspecified atom stereocenters. The number of hydrogen-bond donors (Lipinski definition) is 2. The van der Waals surface area contributed by atoms with E-state index in [0.717, 1.165) is 5.56 Å². The number of nitrogens with two attached hydrogens (primary N) is 1. The van der Waals surface area contributed by atoms with Crippen molar-refractivity contribution in [3.8, 4) is 0 Å². The van der Waals surface area contributed by atoms with E-state index in [1.807, 2.05) is 30.3 Å². The molecule has 3 N–H and O–H groups in total. The van der Waals surface area contributed by atoms with Gasteiger partial charge < -0.3 is 4.74 Å². The molecule has 22 heavy (non-hydrogen) atoms. The second-order valence-corrected chi connectivity index (χ2v) is 6.79. The number of ether oxygens (including phenoxy) is 1. The van der Waals surface area contributed by atoms with Crippen LogP contribution in [0.4, 0.5) is 10.5 Å². The van der Waals surface area contributed by atoms with Crippen molar-refractivity contribution in [3.05, 3.63) is 58.6 Å². The lowest BCUT2D eigenvalue weighted by Crippen LogP contribution is -2.15. The molecule has 2 aromatic carbocycles. The number of carbonyl (C=O) groups excluding carboxylic acids is 1. The maximum Gasteiger partial charge on any atom is 0.411 e. The van der Waals surface area contributed by atoms with E-state index < -0.39 is 16.1 Å². The van der Waals surface area contributed by atoms with E-state index in [1.54, 1.807) is 0 Å². The van der Waals surface area contributed by atoms with E-state index in [4.69, 9.17) is 9.88 Å². The van der Waals surface area contributed by atoms with E-state index in [-0.39, 0.29) is 11.5 Å². The average molecular weight is 385 g/mol. The van der Waals surface area contributed by atoms with Crippen LogP contribution in [0.15, 0.2) is 57.9 Å². The summed E-state index contributed by atoms with van der Waals surface area (Å²) in [6.07, 6.45) is -0.645. The van der Waals surface area contributed by atoms with Crippen molar-refractivity contribution in [2.45, 2.75) is 11.5 Å². The summed E-state index contributed by atoms with van der Waals surface area (Å²) in [6, 6.07) is 13.3. The van der Waals surface area contributed by atoms with Gasteiger partial charge in [-0.05, 0) is 39.7 Å². The Labute approximate surface area is 136 Å². The van der Waals surface area contributed by atoms with Gasteiger partial charge in [0.05, 0.1) is 10.6 Å². The van der Waals surface area contributed by atoms with Crippen LogP contribution in [-0.2, 0) is 21.4 Å². The number of hydrogen-bond acceptors (Lipinski definition) is 4. The Morgan fingerprint density at radius 1 is 1.18 bits per heavy atom. The minimum atomic E-state index is -3.79. The van der Waals surface area contributed by atoms with E-state index in [0.29, 0.717) is 10.2 Å². The van der Waals surface area contributed by atoms with Crippen LogP contribution >= 0.6 is 15.9 Å². The molecule has 0 aromatic heterocycles. The molecule has 2 aromatic rings. The van der Waals surface area contributed by atoms with Crippen LogP contribution < -0.4 is 10.5 Å². The summed E-state index contributed by atoms with van der Waals surface area (Å²) in [7, 11) is -3.79. The molecule has 1 amide bonds. The fraction of sp³-hybridized carbons (Fsp3) is 0.0714. The molecule has 116 valence electrons. The number of halogens is 1. The molecule has 0 saturated heterocycles. The fourth-order valence-corrected chi connectivity index (χ4v) is 2.81. The van der Waals surface area contributed by atoms with Crippen LogP contribution in [0.25, 0.3) is 0 Å². The molecule has 0 bridgehead atoms. The fourth-order valence-electron chi connectivity index (χ4n) is 1.64.